The maximum Gasteiger partial charge on any atom is 0.00940 e. The lowest BCUT2D eigenvalue weighted by Gasteiger charge is -2.35. The Hall–Kier alpha value is -0.860. The van der Waals surface area contributed by atoms with Gasteiger partial charge in [0.15, 0.2) is 0 Å². The first-order chi connectivity index (χ1) is 11.4. The number of benzene rings is 1. The van der Waals surface area contributed by atoms with E-state index in [1.165, 1.54) is 89.4 Å². The third kappa shape index (κ3) is 5.93. The fourth-order valence-electron chi connectivity index (χ4n) is 4.21. The second-order valence-electron chi connectivity index (χ2n) is 7.56. The summed E-state index contributed by atoms with van der Waals surface area (Å²) in [6.45, 7) is 3.77. The van der Waals surface area contributed by atoms with Gasteiger partial charge in [-0.1, -0.05) is 62.4 Å². The highest BCUT2D eigenvalue weighted by atomic mass is 15.1. The Kier molecular flexibility index (Phi) is 6.97. The molecule has 3 rings (SSSR count). The molecule has 1 aliphatic heterocycles. The van der Waals surface area contributed by atoms with Crippen molar-refractivity contribution in [3.05, 3.63) is 35.9 Å². The molecule has 1 saturated heterocycles. The summed E-state index contributed by atoms with van der Waals surface area (Å²) in [5.41, 5.74) is 1.47. The minimum Gasteiger partial charge on any atom is -0.311 e. The number of hydrogen-bond acceptors (Lipinski definition) is 2. The second kappa shape index (κ2) is 9.44. The highest BCUT2D eigenvalue weighted by molar-refractivity contribution is 5.14. The molecule has 1 N–H and O–H groups in total. The van der Waals surface area contributed by atoms with Gasteiger partial charge in [-0.15, -0.1) is 0 Å². The van der Waals surface area contributed by atoms with E-state index >= 15 is 0 Å². The quantitative estimate of drug-likeness (QED) is 0.867. The van der Waals surface area contributed by atoms with Gasteiger partial charge < -0.3 is 10.2 Å². The normalized spacial score (nSPS) is 22.6. The molecule has 1 saturated carbocycles. The van der Waals surface area contributed by atoms with E-state index in [0.717, 1.165) is 12.1 Å². The summed E-state index contributed by atoms with van der Waals surface area (Å²) in [5.74, 6) is 0. The van der Waals surface area contributed by atoms with Gasteiger partial charge in [-0.05, 0) is 50.8 Å². The first-order valence-electron chi connectivity index (χ1n) is 9.92. The first kappa shape index (κ1) is 17.0. The molecule has 1 aromatic carbocycles. The molecule has 23 heavy (non-hydrogen) atoms. The van der Waals surface area contributed by atoms with Gasteiger partial charge in [0.2, 0.25) is 0 Å². The zero-order chi connectivity index (χ0) is 15.7. The summed E-state index contributed by atoms with van der Waals surface area (Å²) >= 11 is 0. The van der Waals surface area contributed by atoms with Gasteiger partial charge in [-0.3, -0.25) is 0 Å². The Morgan fingerprint density at radius 1 is 0.783 bits per heavy atom. The molecule has 0 atom stereocenters. The summed E-state index contributed by atoms with van der Waals surface area (Å²) in [6.07, 6.45) is 13.9. The number of hydrogen-bond donors (Lipinski definition) is 1. The van der Waals surface area contributed by atoms with Crippen LogP contribution in [0.1, 0.15) is 63.4 Å². The Balaban J connectivity index is 1.34. The van der Waals surface area contributed by atoms with Crippen molar-refractivity contribution in [2.75, 3.05) is 19.6 Å². The van der Waals surface area contributed by atoms with Crippen LogP contribution in [0, 0.1) is 0 Å². The average molecular weight is 315 g/mol. The van der Waals surface area contributed by atoms with E-state index in [2.05, 4.69) is 40.5 Å². The third-order valence-electron chi connectivity index (χ3n) is 5.72. The SMILES string of the molecule is c1ccc(CCN2CCC(NC3CCCCCCC3)CC2)cc1. The fourth-order valence-corrected chi connectivity index (χ4v) is 4.21. The van der Waals surface area contributed by atoms with Crippen LogP contribution in [0.5, 0.6) is 0 Å². The number of piperidine rings is 1. The summed E-state index contributed by atoms with van der Waals surface area (Å²) in [6, 6.07) is 12.5. The molecule has 0 unspecified atom stereocenters. The molecule has 2 heteroatoms. The van der Waals surface area contributed by atoms with Crippen LogP contribution in [0.4, 0.5) is 0 Å². The fraction of sp³-hybridized carbons (Fsp3) is 0.714. The Labute approximate surface area is 142 Å². The van der Waals surface area contributed by atoms with Crippen molar-refractivity contribution in [3.8, 4) is 0 Å². The zero-order valence-electron chi connectivity index (χ0n) is 14.7. The van der Waals surface area contributed by atoms with Gasteiger partial charge in [0.05, 0.1) is 0 Å². The number of likely N-dealkylation sites (tertiary alicyclic amines) is 1. The van der Waals surface area contributed by atoms with Gasteiger partial charge in [-0.25, -0.2) is 0 Å². The van der Waals surface area contributed by atoms with Crippen molar-refractivity contribution in [3.63, 3.8) is 0 Å². The second-order valence-corrected chi connectivity index (χ2v) is 7.56. The minimum atomic E-state index is 0.771. The smallest absolute Gasteiger partial charge is 0.00940 e. The Bertz CT molecular complexity index is 415. The van der Waals surface area contributed by atoms with Gasteiger partial charge in [-0.2, -0.15) is 0 Å². The van der Waals surface area contributed by atoms with E-state index in [4.69, 9.17) is 0 Å². The predicted molar refractivity (Wildman–Crippen MR) is 98.9 cm³/mol. The van der Waals surface area contributed by atoms with E-state index in [-0.39, 0.29) is 0 Å². The van der Waals surface area contributed by atoms with Crippen molar-refractivity contribution in [1.29, 1.82) is 0 Å². The van der Waals surface area contributed by atoms with Gasteiger partial charge >= 0.3 is 0 Å². The molecule has 1 heterocycles. The predicted octanol–water partition coefficient (Wildman–Crippen LogP) is 4.40. The van der Waals surface area contributed by atoms with Crippen LogP contribution in [0.2, 0.25) is 0 Å². The average Bonchev–Trinajstić information content (AvgIpc) is 2.57. The van der Waals surface area contributed by atoms with Crippen LogP contribution >= 0.6 is 0 Å². The maximum atomic E-state index is 3.99. The van der Waals surface area contributed by atoms with Crippen molar-refractivity contribution >= 4 is 0 Å². The molecule has 0 bridgehead atoms. The van der Waals surface area contributed by atoms with Crippen LogP contribution < -0.4 is 5.32 Å². The van der Waals surface area contributed by atoms with E-state index < -0.39 is 0 Å². The highest BCUT2D eigenvalue weighted by Crippen LogP contribution is 2.19. The van der Waals surface area contributed by atoms with E-state index in [9.17, 15) is 0 Å². The van der Waals surface area contributed by atoms with Gasteiger partial charge in [0.1, 0.15) is 0 Å². The van der Waals surface area contributed by atoms with Crippen LogP contribution in [0.25, 0.3) is 0 Å². The van der Waals surface area contributed by atoms with E-state index in [1.807, 2.05) is 0 Å². The Morgan fingerprint density at radius 2 is 1.39 bits per heavy atom. The highest BCUT2D eigenvalue weighted by Gasteiger charge is 2.21. The summed E-state index contributed by atoms with van der Waals surface area (Å²) in [4.78, 5) is 2.66. The van der Waals surface area contributed by atoms with Crippen LogP contribution in [0.15, 0.2) is 30.3 Å². The number of rotatable bonds is 5. The van der Waals surface area contributed by atoms with Crippen LogP contribution in [0.3, 0.4) is 0 Å². The molecule has 0 spiro atoms. The van der Waals surface area contributed by atoms with Crippen molar-refractivity contribution in [2.45, 2.75) is 76.3 Å². The van der Waals surface area contributed by atoms with Crippen molar-refractivity contribution in [1.82, 2.24) is 10.2 Å². The van der Waals surface area contributed by atoms with Crippen LogP contribution in [-0.4, -0.2) is 36.6 Å². The molecule has 0 radical (unpaired) electrons. The largest absolute Gasteiger partial charge is 0.311 e. The van der Waals surface area contributed by atoms with Gasteiger partial charge in [0, 0.05) is 18.6 Å². The Morgan fingerprint density at radius 3 is 2.09 bits per heavy atom. The lowest BCUT2D eigenvalue weighted by atomic mass is 9.94. The maximum absolute atomic E-state index is 3.99. The third-order valence-corrected chi connectivity index (χ3v) is 5.72. The van der Waals surface area contributed by atoms with E-state index in [0.29, 0.717) is 0 Å². The number of nitrogens with one attached hydrogen (secondary N) is 1. The molecule has 1 aliphatic carbocycles. The van der Waals surface area contributed by atoms with E-state index in [1.54, 1.807) is 0 Å². The van der Waals surface area contributed by atoms with Crippen LogP contribution in [-0.2, 0) is 6.42 Å². The summed E-state index contributed by atoms with van der Waals surface area (Å²) < 4.78 is 0. The van der Waals surface area contributed by atoms with Crippen molar-refractivity contribution < 1.29 is 0 Å². The molecule has 128 valence electrons. The molecule has 2 fully saturated rings. The summed E-state index contributed by atoms with van der Waals surface area (Å²) in [5, 5.41) is 3.99. The van der Waals surface area contributed by atoms with Crippen molar-refractivity contribution in [2.24, 2.45) is 0 Å². The molecular formula is C21H34N2. The molecule has 2 aliphatic rings. The summed E-state index contributed by atoms with van der Waals surface area (Å²) in [7, 11) is 0. The molecule has 2 nitrogen and oxygen atoms in total. The number of nitrogens with zero attached hydrogens (tertiary/aromatic N) is 1. The topological polar surface area (TPSA) is 15.3 Å². The molecule has 0 amide bonds. The lowest BCUT2D eigenvalue weighted by Crippen LogP contribution is -2.46. The lowest BCUT2D eigenvalue weighted by molar-refractivity contribution is 0.187. The molecule has 1 aromatic rings. The zero-order valence-corrected chi connectivity index (χ0v) is 14.7. The minimum absolute atomic E-state index is 0.771. The molecular weight excluding hydrogens is 280 g/mol. The van der Waals surface area contributed by atoms with Gasteiger partial charge in [0.25, 0.3) is 0 Å². The monoisotopic (exact) mass is 314 g/mol. The standard InChI is InChI=1S/C21H34N2/c1-2-7-11-20(12-8-3-1)22-21-14-17-23(18-15-21)16-13-19-9-5-4-6-10-19/h4-6,9-10,20-22H,1-3,7-8,11-18H2. The first-order valence-corrected chi connectivity index (χ1v) is 9.92. The molecule has 0 aromatic heterocycles.